The number of halogens is 1. The maximum absolute atomic E-state index is 9.36. The van der Waals surface area contributed by atoms with Crippen LogP contribution in [0, 0.1) is 0 Å². The Hall–Kier alpha value is -0.680. The van der Waals surface area contributed by atoms with Gasteiger partial charge in [-0.1, -0.05) is 6.92 Å². The number of aliphatic hydroxyl groups excluding tert-OH is 1. The van der Waals surface area contributed by atoms with Gasteiger partial charge in [-0.3, -0.25) is 0 Å². The van der Waals surface area contributed by atoms with Crippen LogP contribution in [0.3, 0.4) is 0 Å². The van der Waals surface area contributed by atoms with Crippen LogP contribution in [0.2, 0.25) is 0 Å². The van der Waals surface area contributed by atoms with Crippen LogP contribution in [0.4, 0.5) is 5.82 Å². The Balaban J connectivity index is 2.80. The molecule has 0 saturated heterocycles. The van der Waals surface area contributed by atoms with E-state index in [-0.39, 0.29) is 6.04 Å². The molecule has 0 aliphatic heterocycles. The molecular formula is C10H16BrN3O. The van der Waals surface area contributed by atoms with Crippen molar-refractivity contribution in [2.45, 2.75) is 39.3 Å². The maximum Gasteiger partial charge on any atom is 0.131 e. The summed E-state index contributed by atoms with van der Waals surface area (Å²) in [5.41, 5.74) is 0. The number of aromatic nitrogens is 2. The van der Waals surface area contributed by atoms with Crippen LogP contribution in [0.5, 0.6) is 0 Å². The van der Waals surface area contributed by atoms with E-state index in [1.807, 2.05) is 13.8 Å². The molecule has 0 radical (unpaired) electrons. The fourth-order valence-electron chi connectivity index (χ4n) is 1.05. The Kier molecular flexibility index (Phi) is 4.47. The van der Waals surface area contributed by atoms with E-state index in [1.165, 1.54) is 0 Å². The third-order valence-corrected chi connectivity index (χ3v) is 2.56. The maximum atomic E-state index is 9.36. The van der Waals surface area contributed by atoms with Gasteiger partial charge in [0.05, 0.1) is 12.1 Å². The van der Waals surface area contributed by atoms with Gasteiger partial charge in [-0.2, -0.15) is 0 Å². The van der Waals surface area contributed by atoms with Gasteiger partial charge in [0.15, 0.2) is 0 Å². The van der Waals surface area contributed by atoms with Gasteiger partial charge in [-0.05, 0) is 29.8 Å². The van der Waals surface area contributed by atoms with E-state index in [0.717, 1.165) is 22.7 Å². The van der Waals surface area contributed by atoms with E-state index >= 15 is 0 Å². The fourth-order valence-corrected chi connectivity index (χ4v) is 1.47. The van der Waals surface area contributed by atoms with E-state index in [9.17, 15) is 5.11 Å². The van der Waals surface area contributed by atoms with Crippen LogP contribution in [0.25, 0.3) is 0 Å². The molecule has 1 aromatic rings. The predicted octanol–water partition coefficient (Wildman–Crippen LogP) is 1.98. The fraction of sp³-hybridized carbons (Fsp3) is 0.600. The standard InChI is InChI=1S/C10H16BrN3O/c1-4-9-13-8(11)5-10(14-9)12-6(2)7(3)15/h5-7,15H,4H2,1-3H3,(H,12,13,14). The highest BCUT2D eigenvalue weighted by molar-refractivity contribution is 9.10. The minimum atomic E-state index is -0.413. The number of anilines is 1. The zero-order valence-corrected chi connectivity index (χ0v) is 10.7. The monoisotopic (exact) mass is 273 g/mol. The van der Waals surface area contributed by atoms with Crippen molar-refractivity contribution < 1.29 is 5.11 Å². The normalized spacial score (nSPS) is 14.7. The van der Waals surface area contributed by atoms with Crippen LogP contribution in [-0.4, -0.2) is 27.2 Å². The minimum Gasteiger partial charge on any atom is -0.391 e. The van der Waals surface area contributed by atoms with Crippen LogP contribution in [0.1, 0.15) is 26.6 Å². The summed E-state index contributed by atoms with van der Waals surface area (Å²) in [7, 11) is 0. The second-order valence-corrected chi connectivity index (χ2v) is 4.33. The second-order valence-electron chi connectivity index (χ2n) is 3.52. The first kappa shape index (κ1) is 12.4. The molecule has 84 valence electrons. The lowest BCUT2D eigenvalue weighted by atomic mass is 10.2. The molecule has 0 amide bonds. The SMILES string of the molecule is CCc1nc(Br)cc(NC(C)C(C)O)n1. The minimum absolute atomic E-state index is 0.0310. The van der Waals surface area contributed by atoms with Gasteiger partial charge >= 0.3 is 0 Å². The summed E-state index contributed by atoms with van der Waals surface area (Å²) in [5, 5.41) is 12.5. The average molecular weight is 274 g/mol. The Labute approximate surface area is 98.3 Å². The zero-order valence-electron chi connectivity index (χ0n) is 9.16. The third kappa shape index (κ3) is 3.76. The van der Waals surface area contributed by atoms with Crippen LogP contribution in [0.15, 0.2) is 10.7 Å². The van der Waals surface area contributed by atoms with Gasteiger partial charge in [0.1, 0.15) is 16.2 Å². The molecule has 2 atom stereocenters. The Morgan fingerprint density at radius 3 is 2.67 bits per heavy atom. The molecule has 0 aliphatic rings. The second kappa shape index (κ2) is 5.42. The molecule has 4 nitrogen and oxygen atoms in total. The summed E-state index contributed by atoms with van der Waals surface area (Å²) in [6.07, 6.45) is 0.376. The molecule has 0 fully saturated rings. The molecule has 0 spiro atoms. The van der Waals surface area contributed by atoms with E-state index in [4.69, 9.17) is 0 Å². The summed E-state index contributed by atoms with van der Waals surface area (Å²) in [6.45, 7) is 5.66. The molecule has 5 heteroatoms. The summed E-state index contributed by atoms with van der Waals surface area (Å²) in [4.78, 5) is 8.52. The molecule has 1 heterocycles. The van der Waals surface area contributed by atoms with Gasteiger partial charge < -0.3 is 10.4 Å². The summed E-state index contributed by atoms with van der Waals surface area (Å²) in [6, 6.07) is 1.77. The molecule has 1 aromatic heterocycles. The average Bonchev–Trinajstić information content (AvgIpc) is 2.16. The first-order valence-corrected chi connectivity index (χ1v) is 5.80. The molecular weight excluding hydrogens is 258 g/mol. The Bertz CT molecular complexity index is 330. The number of hydrogen-bond acceptors (Lipinski definition) is 4. The topological polar surface area (TPSA) is 58.0 Å². The van der Waals surface area contributed by atoms with Crippen molar-refractivity contribution in [3.8, 4) is 0 Å². The zero-order chi connectivity index (χ0) is 11.4. The highest BCUT2D eigenvalue weighted by Gasteiger charge is 2.10. The molecule has 15 heavy (non-hydrogen) atoms. The number of aliphatic hydroxyl groups is 1. The van der Waals surface area contributed by atoms with Crippen LogP contribution < -0.4 is 5.32 Å². The van der Waals surface area contributed by atoms with Gasteiger partial charge in [-0.15, -0.1) is 0 Å². The number of hydrogen-bond donors (Lipinski definition) is 2. The van der Waals surface area contributed by atoms with Gasteiger partial charge in [0.2, 0.25) is 0 Å². The number of aryl methyl sites for hydroxylation is 1. The summed E-state index contributed by atoms with van der Waals surface area (Å²) >= 11 is 3.33. The lowest BCUT2D eigenvalue weighted by Crippen LogP contribution is -2.28. The Morgan fingerprint density at radius 1 is 1.47 bits per heavy atom. The number of nitrogens with one attached hydrogen (secondary N) is 1. The molecule has 0 saturated carbocycles. The van der Waals surface area contributed by atoms with Crippen molar-refractivity contribution in [1.29, 1.82) is 0 Å². The van der Waals surface area contributed by atoms with Gasteiger partial charge in [0, 0.05) is 12.5 Å². The van der Waals surface area contributed by atoms with Gasteiger partial charge in [0.25, 0.3) is 0 Å². The van der Waals surface area contributed by atoms with E-state index in [2.05, 4.69) is 31.2 Å². The quantitative estimate of drug-likeness (QED) is 0.824. The van der Waals surface area contributed by atoms with Crippen molar-refractivity contribution in [2.24, 2.45) is 0 Å². The molecule has 1 rings (SSSR count). The van der Waals surface area contributed by atoms with Crippen molar-refractivity contribution in [3.05, 3.63) is 16.5 Å². The molecule has 2 N–H and O–H groups in total. The first-order valence-electron chi connectivity index (χ1n) is 5.01. The Morgan fingerprint density at radius 2 is 2.13 bits per heavy atom. The lowest BCUT2D eigenvalue weighted by Gasteiger charge is -2.17. The molecule has 0 bridgehead atoms. The van der Waals surface area contributed by atoms with E-state index < -0.39 is 6.10 Å². The van der Waals surface area contributed by atoms with E-state index in [0.29, 0.717) is 0 Å². The predicted molar refractivity (Wildman–Crippen MR) is 63.9 cm³/mol. The van der Waals surface area contributed by atoms with Crippen molar-refractivity contribution in [1.82, 2.24) is 9.97 Å². The number of nitrogens with zero attached hydrogens (tertiary/aromatic N) is 2. The number of rotatable bonds is 4. The van der Waals surface area contributed by atoms with Crippen LogP contribution >= 0.6 is 15.9 Å². The van der Waals surface area contributed by atoms with Gasteiger partial charge in [-0.25, -0.2) is 9.97 Å². The van der Waals surface area contributed by atoms with Crippen molar-refractivity contribution in [2.75, 3.05) is 5.32 Å². The smallest absolute Gasteiger partial charge is 0.131 e. The summed E-state index contributed by atoms with van der Waals surface area (Å²) < 4.78 is 0.759. The largest absolute Gasteiger partial charge is 0.391 e. The third-order valence-electron chi connectivity index (χ3n) is 2.16. The highest BCUT2D eigenvalue weighted by atomic mass is 79.9. The lowest BCUT2D eigenvalue weighted by molar-refractivity contribution is 0.177. The van der Waals surface area contributed by atoms with E-state index in [1.54, 1.807) is 13.0 Å². The van der Waals surface area contributed by atoms with Crippen molar-refractivity contribution >= 4 is 21.7 Å². The first-order chi connectivity index (χ1) is 7.02. The molecule has 2 unspecified atom stereocenters. The van der Waals surface area contributed by atoms with Crippen LogP contribution in [-0.2, 0) is 6.42 Å². The summed E-state index contributed by atoms with van der Waals surface area (Å²) in [5.74, 6) is 1.52. The molecule has 0 aromatic carbocycles. The highest BCUT2D eigenvalue weighted by Crippen LogP contribution is 2.14. The van der Waals surface area contributed by atoms with Crippen molar-refractivity contribution in [3.63, 3.8) is 0 Å². The molecule has 0 aliphatic carbocycles.